The van der Waals surface area contributed by atoms with Gasteiger partial charge in [0.1, 0.15) is 0 Å². The van der Waals surface area contributed by atoms with Gasteiger partial charge in [0.15, 0.2) is 0 Å². The average molecular weight is 237 g/mol. The minimum Gasteiger partial charge on any atom is -0.307 e. The van der Waals surface area contributed by atoms with E-state index in [9.17, 15) is 0 Å². The van der Waals surface area contributed by atoms with Crippen molar-refractivity contribution in [3.63, 3.8) is 0 Å². The highest BCUT2D eigenvalue weighted by atomic mass is 32.1. The summed E-state index contributed by atoms with van der Waals surface area (Å²) in [5, 5.41) is 5.95. The van der Waals surface area contributed by atoms with Crippen LogP contribution in [-0.2, 0) is 0 Å². The molecule has 2 rings (SSSR count). The SMILES string of the molecule is C[C@@H](NC1CCCC(C)(C)C1)c1cccs1. The Kier molecular flexibility index (Phi) is 3.70. The fraction of sp³-hybridized carbons (Fsp3) is 0.714. The van der Waals surface area contributed by atoms with Crippen molar-refractivity contribution in [2.24, 2.45) is 5.41 Å². The molecule has 1 heterocycles. The Morgan fingerprint density at radius 3 is 2.94 bits per heavy atom. The molecule has 1 aliphatic rings. The van der Waals surface area contributed by atoms with E-state index in [2.05, 4.69) is 43.6 Å². The minimum absolute atomic E-state index is 0.513. The van der Waals surface area contributed by atoms with E-state index in [4.69, 9.17) is 0 Å². The first-order chi connectivity index (χ1) is 7.57. The summed E-state index contributed by atoms with van der Waals surface area (Å²) in [6.45, 7) is 7.08. The maximum absolute atomic E-state index is 3.79. The molecule has 90 valence electrons. The second-order valence-corrected chi connectivity index (χ2v) is 6.84. The van der Waals surface area contributed by atoms with Gasteiger partial charge >= 0.3 is 0 Å². The van der Waals surface area contributed by atoms with Crippen molar-refractivity contribution in [1.82, 2.24) is 5.32 Å². The fourth-order valence-corrected chi connectivity index (χ4v) is 3.56. The molecule has 0 amide bonds. The maximum Gasteiger partial charge on any atom is 0.0388 e. The maximum atomic E-state index is 3.79. The zero-order chi connectivity index (χ0) is 11.6. The van der Waals surface area contributed by atoms with Gasteiger partial charge in [0, 0.05) is 17.0 Å². The van der Waals surface area contributed by atoms with Crippen LogP contribution in [0.25, 0.3) is 0 Å². The molecule has 0 spiro atoms. The highest BCUT2D eigenvalue weighted by Crippen LogP contribution is 2.36. The van der Waals surface area contributed by atoms with E-state index in [1.54, 1.807) is 0 Å². The van der Waals surface area contributed by atoms with Crippen molar-refractivity contribution < 1.29 is 0 Å². The molecule has 1 aliphatic carbocycles. The van der Waals surface area contributed by atoms with Crippen LogP contribution in [0.2, 0.25) is 0 Å². The molecule has 1 N–H and O–H groups in total. The van der Waals surface area contributed by atoms with Crippen molar-refractivity contribution in [1.29, 1.82) is 0 Å². The second-order valence-electron chi connectivity index (χ2n) is 5.86. The van der Waals surface area contributed by atoms with Crippen LogP contribution in [0, 0.1) is 5.41 Å². The molecule has 1 aromatic rings. The summed E-state index contributed by atoms with van der Waals surface area (Å²) >= 11 is 1.86. The third kappa shape index (κ3) is 3.08. The molecule has 0 bridgehead atoms. The summed E-state index contributed by atoms with van der Waals surface area (Å²) in [5.74, 6) is 0. The Hall–Kier alpha value is -0.340. The summed E-state index contributed by atoms with van der Waals surface area (Å²) < 4.78 is 0. The third-order valence-electron chi connectivity index (χ3n) is 3.66. The summed E-state index contributed by atoms with van der Waals surface area (Å²) in [5.41, 5.74) is 0.533. The molecule has 1 aromatic heterocycles. The quantitative estimate of drug-likeness (QED) is 0.823. The molecule has 2 heteroatoms. The van der Waals surface area contributed by atoms with Gasteiger partial charge < -0.3 is 5.32 Å². The van der Waals surface area contributed by atoms with Gasteiger partial charge in [-0.25, -0.2) is 0 Å². The van der Waals surface area contributed by atoms with Crippen molar-refractivity contribution >= 4 is 11.3 Å². The molecular formula is C14H23NS. The number of hydrogen-bond acceptors (Lipinski definition) is 2. The van der Waals surface area contributed by atoms with Crippen molar-refractivity contribution in [2.45, 2.75) is 58.5 Å². The Bertz CT molecular complexity index is 315. The number of nitrogens with one attached hydrogen (secondary N) is 1. The number of thiophene rings is 1. The van der Waals surface area contributed by atoms with Crippen molar-refractivity contribution in [3.05, 3.63) is 22.4 Å². The van der Waals surface area contributed by atoms with Crippen LogP contribution in [0.3, 0.4) is 0 Å². The van der Waals surface area contributed by atoms with Gasteiger partial charge in [-0.05, 0) is 43.0 Å². The Labute approximate surface area is 103 Å². The summed E-state index contributed by atoms with van der Waals surface area (Å²) in [4.78, 5) is 1.46. The normalized spacial score (nSPS) is 26.6. The van der Waals surface area contributed by atoms with Crippen LogP contribution in [-0.4, -0.2) is 6.04 Å². The summed E-state index contributed by atoms with van der Waals surface area (Å²) in [6.07, 6.45) is 5.43. The zero-order valence-corrected chi connectivity index (χ0v) is 11.4. The lowest BCUT2D eigenvalue weighted by atomic mass is 9.75. The predicted octanol–water partition coefficient (Wildman–Crippen LogP) is 4.37. The van der Waals surface area contributed by atoms with Crippen molar-refractivity contribution in [2.75, 3.05) is 0 Å². The van der Waals surface area contributed by atoms with Gasteiger partial charge in [-0.2, -0.15) is 0 Å². The second kappa shape index (κ2) is 4.89. The zero-order valence-electron chi connectivity index (χ0n) is 10.6. The van der Waals surface area contributed by atoms with E-state index in [1.165, 1.54) is 30.6 Å². The Morgan fingerprint density at radius 2 is 2.31 bits per heavy atom. The Morgan fingerprint density at radius 1 is 1.50 bits per heavy atom. The molecule has 16 heavy (non-hydrogen) atoms. The lowest BCUT2D eigenvalue weighted by Gasteiger charge is -2.36. The molecule has 1 saturated carbocycles. The van der Waals surface area contributed by atoms with Crippen LogP contribution in [0.5, 0.6) is 0 Å². The van der Waals surface area contributed by atoms with Crippen LogP contribution in [0.4, 0.5) is 0 Å². The topological polar surface area (TPSA) is 12.0 Å². The van der Waals surface area contributed by atoms with E-state index in [-0.39, 0.29) is 0 Å². The van der Waals surface area contributed by atoms with Gasteiger partial charge in [-0.15, -0.1) is 11.3 Å². The van der Waals surface area contributed by atoms with E-state index in [1.807, 2.05) is 11.3 Å². The van der Waals surface area contributed by atoms with Gasteiger partial charge in [0.25, 0.3) is 0 Å². The monoisotopic (exact) mass is 237 g/mol. The van der Waals surface area contributed by atoms with E-state index in [0.717, 1.165) is 0 Å². The lowest BCUT2D eigenvalue weighted by Crippen LogP contribution is -2.38. The minimum atomic E-state index is 0.513. The molecule has 1 nitrogen and oxygen atoms in total. The van der Waals surface area contributed by atoms with E-state index >= 15 is 0 Å². The van der Waals surface area contributed by atoms with Gasteiger partial charge in [0.05, 0.1) is 0 Å². The summed E-state index contributed by atoms with van der Waals surface area (Å²) in [6, 6.07) is 5.60. The van der Waals surface area contributed by atoms with Crippen LogP contribution >= 0.6 is 11.3 Å². The van der Waals surface area contributed by atoms with Crippen LogP contribution in [0.15, 0.2) is 17.5 Å². The molecule has 1 fully saturated rings. The Balaban J connectivity index is 1.90. The molecule has 0 saturated heterocycles. The van der Waals surface area contributed by atoms with Gasteiger partial charge in [-0.3, -0.25) is 0 Å². The molecule has 0 aromatic carbocycles. The summed E-state index contributed by atoms with van der Waals surface area (Å²) in [7, 11) is 0. The van der Waals surface area contributed by atoms with E-state index in [0.29, 0.717) is 17.5 Å². The molecule has 2 atom stereocenters. The first-order valence-corrected chi connectivity index (χ1v) is 7.24. The highest BCUT2D eigenvalue weighted by molar-refractivity contribution is 7.10. The predicted molar refractivity (Wildman–Crippen MR) is 71.9 cm³/mol. The largest absolute Gasteiger partial charge is 0.307 e. The molecule has 1 unspecified atom stereocenters. The number of rotatable bonds is 3. The van der Waals surface area contributed by atoms with Crippen LogP contribution in [0.1, 0.15) is 57.4 Å². The van der Waals surface area contributed by atoms with Gasteiger partial charge in [-0.1, -0.05) is 26.3 Å². The third-order valence-corrected chi connectivity index (χ3v) is 4.72. The number of hydrogen-bond donors (Lipinski definition) is 1. The molecule has 0 radical (unpaired) electrons. The van der Waals surface area contributed by atoms with Crippen LogP contribution < -0.4 is 5.32 Å². The fourth-order valence-electron chi connectivity index (χ4n) is 2.81. The smallest absolute Gasteiger partial charge is 0.0388 e. The van der Waals surface area contributed by atoms with Gasteiger partial charge in [0.2, 0.25) is 0 Å². The standard InChI is InChI=1S/C14H23NS/c1-11(13-7-5-9-16-13)15-12-6-4-8-14(2,3)10-12/h5,7,9,11-12,15H,4,6,8,10H2,1-3H3/t11-,12?/m1/s1. The average Bonchev–Trinajstić information content (AvgIpc) is 2.68. The first kappa shape index (κ1) is 12.1. The molecular weight excluding hydrogens is 214 g/mol. The lowest BCUT2D eigenvalue weighted by molar-refractivity contribution is 0.191. The van der Waals surface area contributed by atoms with E-state index < -0.39 is 0 Å². The molecule has 0 aliphatic heterocycles. The first-order valence-electron chi connectivity index (χ1n) is 6.36. The highest BCUT2D eigenvalue weighted by Gasteiger charge is 2.28. The van der Waals surface area contributed by atoms with Crippen molar-refractivity contribution in [3.8, 4) is 0 Å².